The third kappa shape index (κ3) is 4.00. The summed E-state index contributed by atoms with van der Waals surface area (Å²) in [5.74, 6) is 0.484. The zero-order valence-electron chi connectivity index (χ0n) is 20.6. The van der Waals surface area contributed by atoms with Crippen molar-refractivity contribution in [2.24, 2.45) is 5.10 Å². The van der Waals surface area contributed by atoms with Crippen LogP contribution in [0.15, 0.2) is 102 Å². The van der Waals surface area contributed by atoms with Crippen LogP contribution in [0.2, 0.25) is 0 Å². The first kappa shape index (κ1) is 22.9. The highest BCUT2D eigenvalue weighted by Crippen LogP contribution is 2.45. The van der Waals surface area contributed by atoms with E-state index in [4.69, 9.17) is 19.3 Å². The molecule has 37 heavy (non-hydrogen) atoms. The molecule has 0 fully saturated rings. The number of ether oxygens (including phenoxy) is 3. The zero-order chi connectivity index (χ0) is 25.4. The van der Waals surface area contributed by atoms with E-state index in [1.165, 1.54) is 12.7 Å². The van der Waals surface area contributed by atoms with Gasteiger partial charge in [0, 0.05) is 12.0 Å². The Bertz CT molecular complexity index is 1470. The Morgan fingerprint density at radius 3 is 2.19 bits per heavy atom. The van der Waals surface area contributed by atoms with Gasteiger partial charge in [0.15, 0.2) is 17.6 Å². The first-order valence-electron chi connectivity index (χ1n) is 12.2. The summed E-state index contributed by atoms with van der Waals surface area (Å²) in [5.41, 5.74) is 6.42. The Labute approximate surface area is 215 Å². The number of fused-ring (bicyclic) bond motifs is 1. The molecule has 2 heterocycles. The predicted octanol–water partition coefficient (Wildman–Crippen LogP) is 6.32. The largest absolute Gasteiger partial charge is 0.493 e. The van der Waals surface area contributed by atoms with Crippen LogP contribution in [0.25, 0.3) is 0 Å². The fourth-order valence-corrected chi connectivity index (χ4v) is 5.14. The van der Waals surface area contributed by atoms with E-state index in [1.54, 1.807) is 13.2 Å². The lowest BCUT2D eigenvalue weighted by molar-refractivity contribution is 0.0453. The lowest BCUT2D eigenvalue weighted by Gasteiger charge is -2.24. The number of hydrogen-bond donors (Lipinski definition) is 0. The zero-order valence-corrected chi connectivity index (χ0v) is 20.6. The molecule has 2 unspecified atom stereocenters. The molecule has 0 aliphatic carbocycles. The molecule has 0 N–H and O–H groups in total. The van der Waals surface area contributed by atoms with Crippen molar-refractivity contribution in [2.45, 2.75) is 18.6 Å². The molecule has 0 aromatic heterocycles. The third-order valence-corrected chi connectivity index (χ3v) is 6.95. The van der Waals surface area contributed by atoms with Gasteiger partial charge >= 0.3 is 5.97 Å². The number of anilines is 1. The Morgan fingerprint density at radius 1 is 0.811 bits per heavy atom. The summed E-state index contributed by atoms with van der Waals surface area (Å²) in [6.07, 6.45) is 0.300. The molecule has 0 saturated carbocycles. The molecule has 0 amide bonds. The van der Waals surface area contributed by atoms with E-state index < -0.39 is 12.1 Å². The highest BCUT2D eigenvalue weighted by molar-refractivity contribution is 6.03. The fraction of sp³-hybridized carbons (Fsp3) is 0.161. The molecule has 2 aliphatic heterocycles. The van der Waals surface area contributed by atoms with Gasteiger partial charge in [-0.3, -0.25) is 5.01 Å². The van der Waals surface area contributed by atoms with Crippen LogP contribution in [-0.4, -0.2) is 25.9 Å². The average molecular weight is 491 g/mol. The van der Waals surface area contributed by atoms with Crippen molar-refractivity contribution in [3.05, 3.63) is 125 Å². The summed E-state index contributed by atoms with van der Waals surface area (Å²) >= 11 is 0. The monoisotopic (exact) mass is 490 g/mol. The molecule has 6 rings (SSSR count). The van der Waals surface area contributed by atoms with Crippen molar-refractivity contribution in [1.29, 1.82) is 0 Å². The summed E-state index contributed by atoms with van der Waals surface area (Å²) in [4.78, 5) is 12.8. The highest BCUT2D eigenvalue weighted by atomic mass is 16.6. The quantitative estimate of drug-likeness (QED) is 0.296. The van der Waals surface area contributed by atoms with Crippen LogP contribution in [0.3, 0.4) is 0 Å². The molecule has 0 saturated heterocycles. The van der Waals surface area contributed by atoms with Crippen molar-refractivity contribution >= 4 is 17.4 Å². The van der Waals surface area contributed by atoms with Crippen LogP contribution in [0.4, 0.5) is 5.69 Å². The Kier molecular flexibility index (Phi) is 5.85. The van der Waals surface area contributed by atoms with Gasteiger partial charge in [-0.2, -0.15) is 5.10 Å². The average Bonchev–Trinajstić information content (AvgIpc) is 3.56. The molecule has 6 heteroatoms. The normalized spacial score (nSPS) is 18.3. The number of hydrogen-bond acceptors (Lipinski definition) is 6. The second kappa shape index (κ2) is 9.47. The summed E-state index contributed by atoms with van der Waals surface area (Å²) in [7, 11) is 3.07. The number of benzene rings is 4. The minimum atomic E-state index is -0.511. The maximum atomic E-state index is 12.8. The van der Waals surface area contributed by atoms with Gasteiger partial charge in [0.05, 0.1) is 31.7 Å². The minimum Gasteiger partial charge on any atom is -0.493 e. The molecule has 184 valence electrons. The van der Waals surface area contributed by atoms with Crippen molar-refractivity contribution in [1.82, 2.24) is 0 Å². The Balaban J connectivity index is 1.34. The van der Waals surface area contributed by atoms with E-state index in [0.29, 0.717) is 17.1 Å². The number of nitrogens with zero attached hydrogens (tertiary/aromatic N) is 2. The first-order chi connectivity index (χ1) is 18.2. The van der Waals surface area contributed by atoms with E-state index in [1.807, 2.05) is 54.6 Å². The van der Waals surface area contributed by atoms with Crippen LogP contribution in [0.1, 0.15) is 51.2 Å². The summed E-state index contributed by atoms with van der Waals surface area (Å²) in [6.45, 7) is 0. The van der Waals surface area contributed by atoms with Crippen LogP contribution in [0.5, 0.6) is 11.5 Å². The maximum absolute atomic E-state index is 12.8. The van der Waals surface area contributed by atoms with Crippen molar-refractivity contribution < 1.29 is 19.0 Å². The van der Waals surface area contributed by atoms with Gasteiger partial charge in [0.25, 0.3) is 0 Å². The maximum Gasteiger partial charge on any atom is 0.343 e. The summed E-state index contributed by atoms with van der Waals surface area (Å²) in [6, 6.07) is 32.6. The molecule has 6 nitrogen and oxygen atoms in total. The van der Waals surface area contributed by atoms with Crippen molar-refractivity contribution in [2.75, 3.05) is 19.2 Å². The first-order valence-corrected chi connectivity index (χ1v) is 12.2. The fourth-order valence-electron chi connectivity index (χ4n) is 5.14. The van der Waals surface area contributed by atoms with E-state index in [2.05, 4.69) is 41.4 Å². The highest BCUT2D eigenvalue weighted by Gasteiger charge is 2.37. The van der Waals surface area contributed by atoms with Crippen molar-refractivity contribution in [3.63, 3.8) is 0 Å². The Morgan fingerprint density at radius 2 is 1.51 bits per heavy atom. The van der Waals surface area contributed by atoms with Gasteiger partial charge < -0.3 is 14.2 Å². The smallest absolute Gasteiger partial charge is 0.343 e. The number of esters is 1. The molecule has 4 aromatic rings. The van der Waals surface area contributed by atoms with Gasteiger partial charge in [-0.05, 0) is 34.9 Å². The van der Waals surface area contributed by atoms with Crippen molar-refractivity contribution in [3.8, 4) is 11.5 Å². The molecule has 0 bridgehead atoms. The number of carbonyl (C=O) groups excluding carboxylic acids is 1. The SMILES string of the molecule is COc1ccc2c(c1OC)C(=O)OC2c1ccc(N2N=C(c3ccccc3)CC2c2ccccc2)cc1. The van der Waals surface area contributed by atoms with Gasteiger partial charge in [-0.25, -0.2) is 4.79 Å². The number of carbonyl (C=O) groups is 1. The van der Waals surface area contributed by atoms with E-state index in [-0.39, 0.29) is 6.04 Å². The molecule has 0 spiro atoms. The van der Waals surface area contributed by atoms with Gasteiger partial charge in [0.2, 0.25) is 0 Å². The van der Waals surface area contributed by atoms with E-state index >= 15 is 0 Å². The van der Waals surface area contributed by atoms with Gasteiger partial charge in [-0.15, -0.1) is 0 Å². The number of methoxy groups -OCH3 is 2. The number of rotatable bonds is 6. The number of cyclic esters (lactones) is 1. The molecule has 2 aliphatic rings. The summed E-state index contributed by atoms with van der Waals surface area (Å²) < 4.78 is 16.6. The van der Waals surface area contributed by atoms with Crippen LogP contribution >= 0.6 is 0 Å². The van der Waals surface area contributed by atoms with E-state index in [9.17, 15) is 4.79 Å². The third-order valence-electron chi connectivity index (χ3n) is 6.95. The van der Waals surface area contributed by atoms with Gasteiger partial charge in [-0.1, -0.05) is 78.9 Å². The molecular weight excluding hydrogens is 464 g/mol. The van der Waals surface area contributed by atoms with Crippen LogP contribution in [0, 0.1) is 0 Å². The molecule has 2 atom stereocenters. The number of hydrazone groups is 1. The molecule has 4 aromatic carbocycles. The molecule has 0 radical (unpaired) electrons. The second-order valence-electron chi connectivity index (χ2n) is 9.03. The topological polar surface area (TPSA) is 60.4 Å². The lowest BCUT2D eigenvalue weighted by atomic mass is 9.97. The second-order valence-corrected chi connectivity index (χ2v) is 9.03. The minimum absolute atomic E-state index is 0.0871. The predicted molar refractivity (Wildman–Crippen MR) is 143 cm³/mol. The van der Waals surface area contributed by atoms with Crippen LogP contribution in [-0.2, 0) is 4.74 Å². The van der Waals surface area contributed by atoms with Crippen LogP contribution < -0.4 is 14.5 Å². The Hall–Kier alpha value is -4.58. The lowest BCUT2D eigenvalue weighted by Crippen LogP contribution is -2.18. The van der Waals surface area contributed by atoms with Gasteiger partial charge in [0.1, 0.15) is 5.56 Å². The summed E-state index contributed by atoms with van der Waals surface area (Å²) in [5, 5.41) is 7.12. The standard InChI is InChI=1S/C31H26N2O4/c1-35-27-18-17-24-28(30(27)36-2)31(34)37-29(24)22-13-15-23(16-14-22)33-26(21-11-7-4-8-12-21)19-25(32-33)20-9-5-3-6-10-20/h3-18,26,29H,19H2,1-2H3. The molecular formula is C31H26N2O4. The van der Waals surface area contributed by atoms with E-state index in [0.717, 1.165) is 34.5 Å².